The molecule has 0 heterocycles. The van der Waals surface area contributed by atoms with Crippen LogP contribution in [0.15, 0.2) is 29.8 Å². The molecule has 1 nitrogen and oxygen atoms in total. The fraction of sp³-hybridized carbons (Fsp3) is 0.529. The van der Waals surface area contributed by atoms with Crippen LogP contribution in [0.3, 0.4) is 0 Å². The van der Waals surface area contributed by atoms with Gasteiger partial charge in [0.25, 0.3) is 0 Å². The highest BCUT2D eigenvalue weighted by Gasteiger charge is 1.97. The molecule has 1 aromatic carbocycles. The van der Waals surface area contributed by atoms with E-state index in [1.54, 1.807) is 0 Å². The van der Waals surface area contributed by atoms with Gasteiger partial charge in [-0.2, -0.15) is 0 Å². The summed E-state index contributed by atoms with van der Waals surface area (Å²) >= 11 is 0. The second kappa shape index (κ2) is 8.10. The van der Waals surface area contributed by atoms with Gasteiger partial charge in [-0.1, -0.05) is 36.8 Å². The summed E-state index contributed by atoms with van der Waals surface area (Å²) in [7, 11) is 0. The van der Waals surface area contributed by atoms with E-state index in [1.165, 1.54) is 28.7 Å². The molecule has 0 radical (unpaired) electrons. The van der Waals surface area contributed by atoms with Crippen molar-refractivity contribution in [2.75, 3.05) is 13.1 Å². The van der Waals surface area contributed by atoms with Gasteiger partial charge in [-0.15, -0.1) is 0 Å². The van der Waals surface area contributed by atoms with Crippen LogP contribution in [-0.2, 0) is 6.42 Å². The van der Waals surface area contributed by atoms with E-state index in [9.17, 15) is 0 Å². The molecule has 0 aliphatic carbocycles. The van der Waals surface area contributed by atoms with E-state index in [0.717, 1.165) is 25.9 Å². The maximum Gasteiger partial charge on any atom is -0.00142 e. The highest BCUT2D eigenvalue weighted by molar-refractivity contribution is 5.32. The van der Waals surface area contributed by atoms with Crippen LogP contribution < -0.4 is 5.32 Å². The fourth-order valence-electron chi connectivity index (χ4n) is 2.03. The topological polar surface area (TPSA) is 12.0 Å². The number of aryl methyl sites for hydroxylation is 2. The maximum absolute atomic E-state index is 3.43. The van der Waals surface area contributed by atoms with Gasteiger partial charge in [0.15, 0.2) is 0 Å². The number of allylic oxidation sites excluding steroid dienone is 1. The zero-order valence-electron chi connectivity index (χ0n) is 12.3. The summed E-state index contributed by atoms with van der Waals surface area (Å²) in [6, 6.07) is 6.78. The molecule has 0 atom stereocenters. The average Bonchev–Trinajstić information content (AvgIpc) is 2.34. The first-order valence-electron chi connectivity index (χ1n) is 7.06. The molecular formula is C17H27N. The molecule has 0 bridgehead atoms. The molecule has 1 heteroatoms. The van der Waals surface area contributed by atoms with Crippen molar-refractivity contribution >= 4 is 0 Å². The summed E-state index contributed by atoms with van der Waals surface area (Å²) in [4.78, 5) is 0. The number of hydrogen-bond acceptors (Lipinski definition) is 1. The van der Waals surface area contributed by atoms with Gasteiger partial charge in [0.1, 0.15) is 0 Å². The Labute approximate surface area is 112 Å². The molecule has 0 fully saturated rings. The minimum absolute atomic E-state index is 1.08. The quantitative estimate of drug-likeness (QED) is 0.561. The Hall–Kier alpha value is -1.08. The summed E-state index contributed by atoms with van der Waals surface area (Å²) in [6.07, 6.45) is 5.79. The molecule has 1 N–H and O–H groups in total. The molecule has 0 aliphatic heterocycles. The average molecular weight is 245 g/mol. The molecule has 0 aromatic heterocycles. The second-order valence-electron chi connectivity index (χ2n) is 5.18. The van der Waals surface area contributed by atoms with Gasteiger partial charge in [-0.3, -0.25) is 0 Å². The highest BCUT2D eigenvalue weighted by atomic mass is 14.8. The minimum Gasteiger partial charge on any atom is -0.316 e. The Balaban J connectivity index is 2.40. The van der Waals surface area contributed by atoms with Crippen LogP contribution in [0.2, 0.25) is 0 Å². The standard InChI is InChI=1S/C17H27N/c1-5-10-18-11-6-7-14(2)12-17-9-8-15(3)16(4)13-17/h7-9,13,18H,5-6,10-12H2,1-4H3. The molecule has 0 unspecified atom stereocenters. The predicted octanol–water partition coefficient (Wildman–Crippen LogP) is 4.18. The molecule has 18 heavy (non-hydrogen) atoms. The summed E-state index contributed by atoms with van der Waals surface area (Å²) in [5, 5.41) is 3.43. The van der Waals surface area contributed by atoms with Crippen molar-refractivity contribution in [1.82, 2.24) is 5.32 Å². The summed E-state index contributed by atoms with van der Waals surface area (Å²) < 4.78 is 0. The summed E-state index contributed by atoms with van der Waals surface area (Å²) in [6.45, 7) is 11.0. The van der Waals surface area contributed by atoms with Crippen molar-refractivity contribution in [3.63, 3.8) is 0 Å². The van der Waals surface area contributed by atoms with E-state index < -0.39 is 0 Å². The first-order chi connectivity index (χ1) is 8.63. The second-order valence-corrected chi connectivity index (χ2v) is 5.18. The van der Waals surface area contributed by atoms with Crippen molar-refractivity contribution in [3.05, 3.63) is 46.5 Å². The van der Waals surface area contributed by atoms with Gasteiger partial charge in [0.2, 0.25) is 0 Å². The summed E-state index contributed by atoms with van der Waals surface area (Å²) in [5.41, 5.74) is 5.67. The SMILES string of the molecule is CCCNCCC=C(C)Cc1ccc(C)c(C)c1. The third-order valence-electron chi connectivity index (χ3n) is 3.29. The minimum atomic E-state index is 1.08. The molecule has 0 aliphatic rings. The number of rotatable bonds is 7. The first-order valence-corrected chi connectivity index (χ1v) is 7.06. The Kier molecular flexibility index (Phi) is 6.74. The molecular weight excluding hydrogens is 218 g/mol. The van der Waals surface area contributed by atoms with Gasteiger partial charge in [-0.25, -0.2) is 0 Å². The Morgan fingerprint density at radius 2 is 1.94 bits per heavy atom. The van der Waals surface area contributed by atoms with Crippen LogP contribution in [0.1, 0.15) is 43.4 Å². The molecule has 0 saturated heterocycles. The summed E-state index contributed by atoms with van der Waals surface area (Å²) in [5.74, 6) is 0. The van der Waals surface area contributed by atoms with E-state index in [2.05, 4.69) is 57.3 Å². The molecule has 0 amide bonds. The van der Waals surface area contributed by atoms with Crippen LogP contribution in [0.5, 0.6) is 0 Å². The van der Waals surface area contributed by atoms with Gasteiger partial charge < -0.3 is 5.32 Å². The van der Waals surface area contributed by atoms with E-state index in [4.69, 9.17) is 0 Å². The van der Waals surface area contributed by atoms with Crippen LogP contribution in [-0.4, -0.2) is 13.1 Å². The van der Waals surface area contributed by atoms with Crippen molar-refractivity contribution in [1.29, 1.82) is 0 Å². The Morgan fingerprint density at radius 1 is 1.17 bits per heavy atom. The van der Waals surface area contributed by atoms with Crippen molar-refractivity contribution in [2.24, 2.45) is 0 Å². The molecule has 0 saturated carbocycles. The zero-order chi connectivity index (χ0) is 13.4. The molecule has 1 rings (SSSR count). The molecule has 100 valence electrons. The number of benzene rings is 1. The van der Waals surface area contributed by atoms with Gasteiger partial charge in [0.05, 0.1) is 0 Å². The lowest BCUT2D eigenvalue weighted by Crippen LogP contribution is -2.15. The van der Waals surface area contributed by atoms with Crippen molar-refractivity contribution < 1.29 is 0 Å². The van der Waals surface area contributed by atoms with Crippen LogP contribution in [0, 0.1) is 13.8 Å². The van der Waals surface area contributed by atoms with E-state index in [1.807, 2.05) is 0 Å². The fourth-order valence-corrected chi connectivity index (χ4v) is 2.03. The van der Waals surface area contributed by atoms with Crippen LogP contribution in [0.25, 0.3) is 0 Å². The third-order valence-corrected chi connectivity index (χ3v) is 3.29. The van der Waals surface area contributed by atoms with E-state index in [-0.39, 0.29) is 0 Å². The van der Waals surface area contributed by atoms with E-state index in [0.29, 0.717) is 0 Å². The lowest BCUT2D eigenvalue weighted by Gasteiger charge is -2.06. The third kappa shape index (κ3) is 5.50. The number of nitrogens with one attached hydrogen (secondary N) is 1. The number of hydrogen-bond donors (Lipinski definition) is 1. The van der Waals surface area contributed by atoms with Crippen molar-refractivity contribution in [2.45, 2.75) is 47.0 Å². The van der Waals surface area contributed by atoms with Gasteiger partial charge >= 0.3 is 0 Å². The molecule has 1 aromatic rings. The lowest BCUT2D eigenvalue weighted by atomic mass is 10.0. The predicted molar refractivity (Wildman–Crippen MR) is 81.2 cm³/mol. The lowest BCUT2D eigenvalue weighted by molar-refractivity contribution is 0.677. The van der Waals surface area contributed by atoms with Crippen LogP contribution >= 0.6 is 0 Å². The normalized spacial score (nSPS) is 11.9. The van der Waals surface area contributed by atoms with E-state index >= 15 is 0 Å². The smallest absolute Gasteiger partial charge is 0.00142 e. The highest BCUT2D eigenvalue weighted by Crippen LogP contribution is 2.13. The Morgan fingerprint density at radius 3 is 2.61 bits per heavy atom. The van der Waals surface area contributed by atoms with Gasteiger partial charge in [-0.05, 0) is 69.8 Å². The Bertz CT molecular complexity index is 391. The largest absolute Gasteiger partial charge is 0.316 e. The molecule has 0 spiro atoms. The van der Waals surface area contributed by atoms with Crippen LogP contribution in [0.4, 0.5) is 0 Å². The zero-order valence-corrected chi connectivity index (χ0v) is 12.3. The maximum atomic E-state index is 3.43. The van der Waals surface area contributed by atoms with Crippen molar-refractivity contribution in [3.8, 4) is 0 Å². The van der Waals surface area contributed by atoms with Gasteiger partial charge in [0, 0.05) is 0 Å². The monoisotopic (exact) mass is 245 g/mol. The first kappa shape index (κ1) is 15.0.